The van der Waals surface area contributed by atoms with E-state index in [1.54, 1.807) is 0 Å². The van der Waals surface area contributed by atoms with Crippen molar-refractivity contribution in [3.8, 4) is 0 Å². The van der Waals surface area contributed by atoms with Crippen molar-refractivity contribution in [2.45, 2.75) is 4.90 Å². The second-order valence-corrected chi connectivity index (χ2v) is 3.98. The molecule has 0 aliphatic heterocycles. The Kier molecular flexibility index (Phi) is 3.22. The second kappa shape index (κ2) is 4.12. The minimum atomic E-state index is -5.36. The van der Waals surface area contributed by atoms with Crippen LogP contribution in [-0.2, 0) is 15.0 Å². The number of halogens is 3. The molecule has 0 N–H and O–H groups in total. The van der Waals surface area contributed by atoms with Gasteiger partial charge in [-0.15, -0.1) is 3.89 Å². The molecule has 0 saturated heterocycles. The lowest BCUT2D eigenvalue weighted by Crippen LogP contribution is -2.11. The van der Waals surface area contributed by atoms with Crippen LogP contribution in [0.2, 0.25) is 0 Å². The fraction of sp³-hybridized carbons (Fsp3) is 0.125. The van der Waals surface area contributed by atoms with E-state index in [-0.39, 0.29) is 0 Å². The fourth-order valence-corrected chi connectivity index (χ4v) is 1.56. The number of rotatable bonds is 2. The molecular weight excluding hydrogens is 249 g/mol. The number of methoxy groups -OCH3 is 1. The van der Waals surface area contributed by atoms with E-state index in [1.165, 1.54) is 0 Å². The van der Waals surface area contributed by atoms with Gasteiger partial charge in [0.1, 0.15) is 16.3 Å². The molecule has 0 aliphatic carbocycles. The molecule has 1 rings (SSSR count). The molecule has 0 saturated carbocycles. The largest absolute Gasteiger partial charge is 0.465 e. The number of ether oxygens (including phenoxy) is 1. The first kappa shape index (κ1) is 12.5. The minimum Gasteiger partial charge on any atom is -0.465 e. The third kappa shape index (κ3) is 2.16. The summed E-state index contributed by atoms with van der Waals surface area (Å²) in [4.78, 5) is 9.51. The summed E-state index contributed by atoms with van der Waals surface area (Å²) in [5.74, 6) is -4.58. The predicted octanol–water partition coefficient (Wildman–Crippen LogP) is 1.41. The Hall–Kier alpha value is -1.57. The van der Waals surface area contributed by atoms with Crippen molar-refractivity contribution in [2.24, 2.45) is 0 Å². The van der Waals surface area contributed by atoms with E-state index in [0.29, 0.717) is 12.1 Å². The summed E-state index contributed by atoms with van der Waals surface area (Å²) in [6.45, 7) is 0. The zero-order valence-corrected chi connectivity index (χ0v) is 8.65. The van der Waals surface area contributed by atoms with Gasteiger partial charge in [-0.25, -0.2) is 13.6 Å². The molecule has 0 aromatic heterocycles. The number of hydrogen-bond acceptors (Lipinski definition) is 4. The maximum atomic E-state index is 13.3. The van der Waals surface area contributed by atoms with E-state index in [9.17, 15) is 25.9 Å². The third-order valence-corrected chi connectivity index (χ3v) is 2.55. The maximum absolute atomic E-state index is 13.3. The van der Waals surface area contributed by atoms with Crippen LogP contribution in [0.4, 0.5) is 12.7 Å². The minimum absolute atomic E-state index is 0.381. The van der Waals surface area contributed by atoms with E-state index >= 15 is 0 Å². The van der Waals surface area contributed by atoms with Crippen LogP contribution < -0.4 is 0 Å². The molecule has 0 atom stereocenters. The third-order valence-electron chi connectivity index (χ3n) is 1.71. The Labute approximate surface area is 88.9 Å². The van der Waals surface area contributed by atoms with Crippen LogP contribution in [0.5, 0.6) is 0 Å². The topological polar surface area (TPSA) is 60.4 Å². The highest BCUT2D eigenvalue weighted by atomic mass is 32.3. The molecule has 0 radical (unpaired) electrons. The molecular formula is C8H5F3O4S. The monoisotopic (exact) mass is 254 g/mol. The number of benzene rings is 1. The smallest absolute Gasteiger partial charge is 0.343 e. The van der Waals surface area contributed by atoms with Gasteiger partial charge in [0.15, 0.2) is 5.82 Å². The quantitative estimate of drug-likeness (QED) is 0.591. The first-order valence-corrected chi connectivity index (χ1v) is 5.18. The molecule has 0 aliphatic rings. The van der Waals surface area contributed by atoms with Gasteiger partial charge in [0.2, 0.25) is 0 Å². The molecule has 0 heterocycles. The summed E-state index contributed by atoms with van der Waals surface area (Å²) in [6.07, 6.45) is 0. The van der Waals surface area contributed by atoms with Gasteiger partial charge >= 0.3 is 16.2 Å². The molecule has 0 bridgehead atoms. The summed E-state index contributed by atoms with van der Waals surface area (Å²) in [7, 11) is -4.52. The van der Waals surface area contributed by atoms with Crippen LogP contribution in [0.25, 0.3) is 0 Å². The average Bonchev–Trinajstić information content (AvgIpc) is 2.15. The van der Waals surface area contributed by atoms with Gasteiger partial charge in [-0.3, -0.25) is 0 Å². The molecule has 4 nitrogen and oxygen atoms in total. The van der Waals surface area contributed by atoms with Crippen LogP contribution in [0.15, 0.2) is 17.0 Å². The van der Waals surface area contributed by atoms with Gasteiger partial charge in [0.25, 0.3) is 0 Å². The number of carbonyl (C=O) groups excluding carboxylic acids is 1. The zero-order chi connectivity index (χ0) is 12.5. The SMILES string of the molecule is COC(=O)c1c(F)ccc(S(=O)(=O)F)c1F. The molecule has 0 spiro atoms. The van der Waals surface area contributed by atoms with Crippen LogP contribution in [0.1, 0.15) is 10.4 Å². The number of hydrogen-bond donors (Lipinski definition) is 0. The maximum Gasteiger partial charge on any atom is 0.343 e. The fourth-order valence-electron chi connectivity index (χ4n) is 1.01. The van der Waals surface area contributed by atoms with Crippen molar-refractivity contribution in [2.75, 3.05) is 7.11 Å². The number of esters is 1. The summed E-state index contributed by atoms with van der Waals surface area (Å²) in [5, 5.41) is 0. The molecule has 0 fully saturated rings. The lowest BCUT2D eigenvalue weighted by atomic mass is 10.2. The van der Waals surface area contributed by atoms with Gasteiger partial charge in [0.05, 0.1) is 7.11 Å². The number of carbonyl (C=O) groups is 1. The van der Waals surface area contributed by atoms with Crippen molar-refractivity contribution < 1.29 is 30.6 Å². The van der Waals surface area contributed by atoms with E-state index in [0.717, 1.165) is 7.11 Å². The van der Waals surface area contributed by atoms with Crippen molar-refractivity contribution in [3.63, 3.8) is 0 Å². The van der Waals surface area contributed by atoms with Gasteiger partial charge in [-0.1, -0.05) is 0 Å². The summed E-state index contributed by atoms with van der Waals surface area (Å²) < 4.78 is 63.7. The van der Waals surface area contributed by atoms with Gasteiger partial charge in [-0.2, -0.15) is 8.42 Å². The van der Waals surface area contributed by atoms with Crippen molar-refractivity contribution in [1.29, 1.82) is 0 Å². The van der Waals surface area contributed by atoms with Gasteiger partial charge in [-0.05, 0) is 12.1 Å². The molecule has 88 valence electrons. The average molecular weight is 254 g/mol. The van der Waals surface area contributed by atoms with Gasteiger partial charge in [0, 0.05) is 0 Å². The van der Waals surface area contributed by atoms with Crippen molar-refractivity contribution in [1.82, 2.24) is 0 Å². The summed E-state index contributed by atoms with van der Waals surface area (Å²) in [5.41, 5.74) is -1.25. The van der Waals surface area contributed by atoms with Crippen LogP contribution in [0.3, 0.4) is 0 Å². The van der Waals surface area contributed by atoms with Gasteiger partial charge < -0.3 is 4.74 Å². The summed E-state index contributed by atoms with van der Waals surface area (Å²) >= 11 is 0. The zero-order valence-electron chi connectivity index (χ0n) is 7.83. The van der Waals surface area contributed by atoms with E-state index < -0.39 is 38.3 Å². The Balaban J connectivity index is 3.57. The van der Waals surface area contributed by atoms with E-state index in [1.807, 2.05) is 0 Å². The lowest BCUT2D eigenvalue weighted by molar-refractivity contribution is 0.0589. The standard InChI is InChI=1S/C8H5F3O4S/c1-15-8(12)6-4(9)2-3-5(7(6)10)16(11,13)14/h2-3H,1H3. The first-order valence-electron chi connectivity index (χ1n) is 3.80. The van der Waals surface area contributed by atoms with Crippen molar-refractivity contribution >= 4 is 16.2 Å². The van der Waals surface area contributed by atoms with E-state index in [2.05, 4.69) is 4.74 Å². The molecule has 0 amide bonds. The highest BCUT2D eigenvalue weighted by Gasteiger charge is 2.27. The Morgan fingerprint density at radius 3 is 2.31 bits per heavy atom. The normalized spacial score (nSPS) is 11.2. The highest BCUT2D eigenvalue weighted by molar-refractivity contribution is 7.86. The van der Waals surface area contributed by atoms with E-state index in [4.69, 9.17) is 0 Å². The molecule has 8 heteroatoms. The molecule has 1 aromatic rings. The highest BCUT2D eigenvalue weighted by Crippen LogP contribution is 2.23. The molecule has 0 unspecified atom stereocenters. The van der Waals surface area contributed by atoms with Crippen LogP contribution in [-0.4, -0.2) is 21.5 Å². The molecule has 16 heavy (non-hydrogen) atoms. The predicted molar refractivity (Wildman–Crippen MR) is 46.0 cm³/mol. The van der Waals surface area contributed by atoms with Crippen LogP contribution >= 0.6 is 0 Å². The Morgan fingerprint density at radius 2 is 1.88 bits per heavy atom. The van der Waals surface area contributed by atoms with Crippen molar-refractivity contribution in [3.05, 3.63) is 29.3 Å². The summed E-state index contributed by atoms with van der Waals surface area (Å²) in [6, 6.07) is 0.842. The van der Waals surface area contributed by atoms with Crippen LogP contribution in [0, 0.1) is 11.6 Å². The Morgan fingerprint density at radius 1 is 1.31 bits per heavy atom. The molecule has 1 aromatic carbocycles. The lowest BCUT2D eigenvalue weighted by Gasteiger charge is -2.04. The first-order chi connectivity index (χ1) is 7.29. The Bertz CT molecular complexity index is 538. The second-order valence-electron chi connectivity index (χ2n) is 2.66.